The van der Waals surface area contributed by atoms with Crippen LogP contribution in [0.25, 0.3) is 0 Å². The highest BCUT2D eigenvalue weighted by Gasteiger charge is 2.24. The minimum absolute atomic E-state index is 0.0500. The zero-order valence-electron chi connectivity index (χ0n) is 16.3. The number of hydrogen-bond donors (Lipinski definition) is 1. The lowest BCUT2D eigenvalue weighted by molar-refractivity contribution is 0.0657. The lowest BCUT2D eigenvalue weighted by Gasteiger charge is -2.36. The number of ether oxygens (including phenoxy) is 1. The van der Waals surface area contributed by atoms with Crippen molar-refractivity contribution in [3.05, 3.63) is 54.5 Å². The number of hydrogen-bond acceptors (Lipinski definition) is 4. The minimum atomic E-state index is -0.0500. The molecule has 0 radical (unpaired) electrons. The Hall–Kier alpha value is -2.96. The Labute approximate surface area is 166 Å². The number of amides is 1. The molecule has 0 atom stereocenters. The van der Waals surface area contributed by atoms with Gasteiger partial charge in [-0.3, -0.25) is 9.79 Å². The molecule has 0 saturated carbocycles. The highest BCUT2D eigenvalue weighted by atomic mass is 16.5. The van der Waals surface area contributed by atoms with E-state index in [2.05, 4.69) is 15.2 Å². The van der Waals surface area contributed by atoms with Crippen molar-refractivity contribution < 1.29 is 13.9 Å². The topological polar surface area (TPSA) is 70.3 Å². The first-order valence-corrected chi connectivity index (χ1v) is 9.74. The summed E-state index contributed by atoms with van der Waals surface area (Å²) in [5, 5.41) is 3.41. The number of aliphatic imine (C=N–C) groups is 1. The van der Waals surface area contributed by atoms with E-state index >= 15 is 0 Å². The Balaban J connectivity index is 1.33. The molecule has 2 aromatic rings. The maximum Gasteiger partial charge on any atom is 0.289 e. The van der Waals surface area contributed by atoms with Crippen LogP contribution in [0.5, 0.6) is 5.75 Å². The van der Waals surface area contributed by atoms with Crippen molar-refractivity contribution in [2.75, 3.05) is 46.4 Å². The molecule has 1 N–H and O–H groups in total. The summed E-state index contributed by atoms with van der Waals surface area (Å²) in [5.41, 5.74) is 0. The van der Waals surface area contributed by atoms with E-state index in [1.54, 1.807) is 19.2 Å². The molecule has 28 heavy (non-hydrogen) atoms. The molecule has 1 aliphatic heterocycles. The van der Waals surface area contributed by atoms with Gasteiger partial charge in [-0.1, -0.05) is 18.2 Å². The molecule has 7 heteroatoms. The van der Waals surface area contributed by atoms with Crippen molar-refractivity contribution >= 4 is 11.9 Å². The summed E-state index contributed by atoms with van der Waals surface area (Å²) in [6, 6.07) is 13.3. The van der Waals surface area contributed by atoms with E-state index < -0.39 is 0 Å². The number of nitrogens with zero attached hydrogens (tertiary/aromatic N) is 3. The summed E-state index contributed by atoms with van der Waals surface area (Å²) in [6.45, 7) is 4.37. The first-order chi connectivity index (χ1) is 13.8. The largest absolute Gasteiger partial charge is 0.494 e. The van der Waals surface area contributed by atoms with Crippen LogP contribution in [-0.4, -0.2) is 68.0 Å². The second-order valence-electron chi connectivity index (χ2n) is 6.60. The van der Waals surface area contributed by atoms with Gasteiger partial charge in [0.25, 0.3) is 5.91 Å². The van der Waals surface area contributed by atoms with Gasteiger partial charge in [-0.25, -0.2) is 0 Å². The molecule has 0 spiro atoms. The summed E-state index contributed by atoms with van der Waals surface area (Å²) < 4.78 is 10.9. The van der Waals surface area contributed by atoms with Crippen molar-refractivity contribution in [2.24, 2.45) is 4.99 Å². The van der Waals surface area contributed by atoms with E-state index in [9.17, 15) is 4.79 Å². The minimum Gasteiger partial charge on any atom is -0.494 e. The van der Waals surface area contributed by atoms with Crippen LogP contribution in [0.4, 0.5) is 0 Å². The molecule has 1 saturated heterocycles. The number of carbonyl (C=O) groups is 1. The van der Waals surface area contributed by atoms with Gasteiger partial charge in [0, 0.05) is 39.8 Å². The van der Waals surface area contributed by atoms with E-state index in [-0.39, 0.29) is 5.91 Å². The number of benzene rings is 1. The lowest BCUT2D eigenvalue weighted by Crippen LogP contribution is -2.53. The van der Waals surface area contributed by atoms with Gasteiger partial charge >= 0.3 is 0 Å². The number of para-hydroxylation sites is 1. The maximum absolute atomic E-state index is 12.3. The Morgan fingerprint density at radius 3 is 2.50 bits per heavy atom. The molecule has 0 aliphatic carbocycles. The number of piperazine rings is 1. The highest BCUT2D eigenvalue weighted by molar-refractivity contribution is 5.91. The second-order valence-corrected chi connectivity index (χ2v) is 6.60. The Morgan fingerprint density at radius 1 is 1.07 bits per heavy atom. The van der Waals surface area contributed by atoms with Gasteiger partial charge in [-0.05, 0) is 37.1 Å². The third-order valence-corrected chi connectivity index (χ3v) is 4.68. The van der Waals surface area contributed by atoms with Crippen LogP contribution in [-0.2, 0) is 0 Å². The summed E-state index contributed by atoms with van der Waals surface area (Å²) in [4.78, 5) is 20.7. The molecular weight excluding hydrogens is 356 g/mol. The number of nitrogens with one attached hydrogen (secondary N) is 1. The molecule has 1 fully saturated rings. The second kappa shape index (κ2) is 10.4. The molecule has 150 valence electrons. The Morgan fingerprint density at radius 2 is 1.82 bits per heavy atom. The van der Waals surface area contributed by atoms with E-state index in [1.165, 1.54) is 6.26 Å². The molecule has 1 amide bonds. The Bertz CT molecular complexity index is 738. The predicted molar refractivity (Wildman–Crippen MR) is 109 cm³/mol. The zero-order chi connectivity index (χ0) is 19.6. The molecular formula is C21H28N4O3. The van der Waals surface area contributed by atoms with Gasteiger partial charge in [0.05, 0.1) is 12.9 Å². The van der Waals surface area contributed by atoms with Crippen molar-refractivity contribution in [3.63, 3.8) is 0 Å². The van der Waals surface area contributed by atoms with Gasteiger partial charge in [0.15, 0.2) is 11.7 Å². The van der Waals surface area contributed by atoms with Crippen LogP contribution >= 0.6 is 0 Å². The summed E-state index contributed by atoms with van der Waals surface area (Å²) in [7, 11) is 1.79. The van der Waals surface area contributed by atoms with Gasteiger partial charge in [0.2, 0.25) is 0 Å². The molecule has 0 unspecified atom stereocenters. The van der Waals surface area contributed by atoms with Crippen LogP contribution in [0.1, 0.15) is 23.4 Å². The fraction of sp³-hybridized carbons (Fsp3) is 0.429. The molecule has 7 nitrogen and oxygen atoms in total. The maximum atomic E-state index is 12.3. The fourth-order valence-electron chi connectivity index (χ4n) is 3.14. The van der Waals surface area contributed by atoms with Crippen molar-refractivity contribution in [3.8, 4) is 5.75 Å². The van der Waals surface area contributed by atoms with Crippen LogP contribution in [0.2, 0.25) is 0 Å². The first-order valence-electron chi connectivity index (χ1n) is 9.74. The van der Waals surface area contributed by atoms with Crippen molar-refractivity contribution in [2.45, 2.75) is 12.8 Å². The van der Waals surface area contributed by atoms with E-state index in [1.807, 2.05) is 35.2 Å². The summed E-state index contributed by atoms with van der Waals surface area (Å²) in [5.74, 6) is 2.14. The van der Waals surface area contributed by atoms with Gasteiger partial charge in [-0.15, -0.1) is 0 Å². The third-order valence-electron chi connectivity index (χ3n) is 4.68. The van der Waals surface area contributed by atoms with Gasteiger partial charge in [0.1, 0.15) is 5.75 Å². The average molecular weight is 384 g/mol. The number of unbranched alkanes of at least 4 members (excludes halogenated alkanes) is 1. The fourth-order valence-corrected chi connectivity index (χ4v) is 3.14. The van der Waals surface area contributed by atoms with Crippen LogP contribution in [0.3, 0.4) is 0 Å². The van der Waals surface area contributed by atoms with Gasteiger partial charge < -0.3 is 24.3 Å². The summed E-state index contributed by atoms with van der Waals surface area (Å²) in [6.07, 6.45) is 3.51. The predicted octanol–water partition coefficient (Wildman–Crippen LogP) is 2.47. The number of furan rings is 1. The van der Waals surface area contributed by atoms with Crippen LogP contribution in [0, 0.1) is 0 Å². The summed E-state index contributed by atoms with van der Waals surface area (Å²) >= 11 is 0. The number of carbonyl (C=O) groups excluding carboxylic acids is 1. The normalized spacial score (nSPS) is 14.8. The third kappa shape index (κ3) is 5.52. The smallest absolute Gasteiger partial charge is 0.289 e. The van der Waals surface area contributed by atoms with E-state index in [4.69, 9.17) is 9.15 Å². The van der Waals surface area contributed by atoms with Crippen LogP contribution in [0.15, 0.2) is 58.1 Å². The van der Waals surface area contributed by atoms with E-state index in [0.29, 0.717) is 25.5 Å². The first kappa shape index (κ1) is 19.8. The molecule has 1 aromatic carbocycles. The monoisotopic (exact) mass is 384 g/mol. The van der Waals surface area contributed by atoms with E-state index in [0.717, 1.165) is 44.2 Å². The lowest BCUT2D eigenvalue weighted by atomic mass is 10.3. The quantitative estimate of drug-likeness (QED) is 0.451. The number of rotatable bonds is 7. The standard InChI is InChI=1S/C21H28N4O3/c1-22-21(23-11-5-6-16-27-18-8-3-2-4-9-18)25-14-12-24(13-15-25)20(26)19-10-7-17-28-19/h2-4,7-10,17H,5-6,11-16H2,1H3,(H,22,23). The zero-order valence-corrected chi connectivity index (χ0v) is 16.3. The van der Waals surface area contributed by atoms with Gasteiger partial charge in [-0.2, -0.15) is 0 Å². The van der Waals surface area contributed by atoms with Crippen molar-refractivity contribution in [1.82, 2.24) is 15.1 Å². The molecule has 2 heterocycles. The Kier molecular flexibility index (Phi) is 7.35. The molecule has 0 bridgehead atoms. The molecule has 1 aromatic heterocycles. The number of guanidine groups is 1. The average Bonchev–Trinajstić information content (AvgIpc) is 3.29. The highest BCUT2D eigenvalue weighted by Crippen LogP contribution is 2.10. The molecule has 3 rings (SSSR count). The van der Waals surface area contributed by atoms with Crippen molar-refractivity contribution in [1.29, 1.82) is 0 Å². The molecule has 1 aliphatic rings. The SMILES string of the molecule is CN=C(NCCCCOc1ccccc1)N1CCN(C(=O)c2ccco2)CC1. The van der Waals surface area contributed by atoms with Crippen LogP contribution < -0.4 is 10.1 Å².